The Morgan fingerprint density at radius 3 is 2.67 bits per heavy atom. The first kappa shape index (κ1) is 24.7. The molecule has 1 fully saturated rings. The number of aromatic amines is 1. The highest BCUT2D eigenvalue weighted by Crippen LogP contribution is 2.46. The van der Waals surface area contributed by atoms with Gasteiger partial charge in [0.25, 0.3) is 0 Å². The third kappa shape index (κ3) is 6.18. The molecule has 0 spiro atoms. The number of pyridine rings is 1. The van der Waals surface area contributed by atoms with Gasteiger partial charge in [0.15, 0.2) is 11.5 Å². The molecule has 188 valence electrons. The SMILES string of the molecule is COc1ccnc(OCC2(CNC(=O)OC(C)(C)C)CC2)c1-c1cc(Nc2cnc(C#N)cn2)n[nH]1. The van der Waals surface area contributed by atoms with Gasteiger partial charge in [0.2, 0.25) is 5.88 Å². The fourth-order valence-electron chi connectivity index (χ4n) is 3.39. The molecule has 3 aromatic rings. The second-order valence-corrected chi connectivity index (χ2v) is 9.53. The fraction of sp³-hybridized carbons (Fsp3) is 0.417. The number of carbonyl (C=O) groups excluding carboxylic acids is 1. The molecule has 3 aromatic heterocycles. The van der Waals surface area contributed by atoms with Crippen LogP contribution >= 0.6 is 0 Å². The summed E-state index contributed by atoms with van der Waals surface area (Å²) in [6, 6.07) is 5.43. The van der Waals surface area contributed by atoms with Crippen molar-refractivity contribution in [2.45, 2.75) is 39.2 Å². The lowest BCUT2D eigenvalue weighted by atomic mass is 10.1. The van der Waals surface area contributed by atoms with E-state index < -0.39 is 11.7 Å². The summed E-state index contributed by atoms with van der Waals surface area (Å²) in [5.41, 5.74) is 0.729. The number of ether oxygens (including phenoxy) is 3. The van der Waals surface area contributed by atoms with E-state index in [0.29, 0.717) is 47.7 Å². The maximum atomic E-state index is 12.1. The summed E-state index contributed by atoms with van der Waals surface area (Å²) < 4.78 is 17.0. The average molecular weight is 493 g/mol. The first-order valence-corrected chi connectivity index (χ1v) is 11.4. The van der Waals surface area contributed by atoms with E-state index in [4.69, 9.17) is 19.5 Å². The van der Waals surface area contributed by atoms with Gasteiger partial charge in [0.1, 0.15) is 28.8 Å². The maximum Gasteiger partial charge on any atom is 0.407 e. The molecule has 1 amide bonds. The lowest BCUT2D eigenvalue weighted by Crippen LogP contribution is -2.37. The van der Waals surface area contributed by atoms with Gasteiger partial charge >= 0.3 is 6.09 Å². The van der Waals surface area contributed by atoms with Crippen LogP contribution in [0.1, 0.15) is 39.3 Å². The Labute approximate surface area is 208 Å². The van der Waals surface area contributed by atoms with Crippen LogP contribution in [0.25, 0.3) is 11.3 Å². The van der Waals surface area contributed by atoms with E-state index in [0.717, 1.165) is 12.8 Å². The molecule has 1 aliphatic rings. The van der Waals surface area contributed by atoms with Crippen molar-refractivity contribution in [2.24, 2.45) is 5.41 Å². The van der Waals surface area contributed by atoms with Gasteiger partial charge in [0.05, 0.1) is 31.8 Å². The lowest BCUT2D eigenvalue weighted by molar-refractivity contribution is 0.0509. The molecule has 3 N–H and O–H groups in total. The molecule has 0 bridgehead atoms. The third-order valence-electron chi connectivity index (χ3n) is 5.45. The number of rotatable bonds is 9. The second kappa shape index (κ2) is 10.1. The Kier molecular flexibility index (Phi) is 6.91. The van der Waals surface area contributed by atoms with E-state index in [1.54, 1.807) is 25.4 Å². The Morgan fingerprint density at radius 1 is 1.22 bits per heavy atom. The van der Waals surface area contributed by atoms with E-state index >= 15 is 0 Å². The van der Waals surface area contributed by atoms with Gasteiger partial charge in [-0.05, 0) is 39.7 Å². The van der Waals surface area contributed by atoms with Gasteiger partial charge in [-0.1, -0.05) is 0 Å². The highest BCUT2D eigenvalue weighted by Gasteiger charge is 2.44. The maximum absolute atomic E-state index is 12.1. The predicted octanol–water partition coefficient (Wildman–Crippen LogP) is 3.57. The van der Waals surface area contributed by atoms with Crippen LogP contribution < -0.4 is 20.1 Å². The quantitative estimate of drug-likeness (QED) is 0.403. The average Bonchev–Trinajstić information content (AvgIpc) is 3.49. The molecule has 36 heavy (non-hydrogen) atoms. The third-order valence-corrected chi connectivity index (χ3v) is 5.45. The minimum absolute atomic E-state index is 0.173. The van der Waals surface area contributed by atoms with E-state index in [-0.39, 0.29) is 11.1 Å². The zero-order valence-electron chi connectivity index (χ0n) is 20.6. The van der Waals surface area contributed by atoms with Gasteiger partial charge in [-0.15, -0.1) is 0 Å². The lowest BCUT2D eigenvalue weighted by Gasteiger charge is -2.22. The van der Waals surface area contributed by atoms with E-state index in [2.05, 4.69) is 35.8 Å². The van der Waals surface area contributed by atoms with Crippen LogP contribution in [0.5, 0.6) is 11.6 Å². The molecular formula is C24H28N8O4. The predicted molar refractivity (Wildman–Crippen MR) is 130 cm³/mol. The Bertz CT molecular complexity index is 1260. The fourth-order valence-corrected chi connectivity index (χ4v) is 3.39. The standard InChI is InChI=1S/C24H28N8O4/c1-23(2,3)36-22(33)29-13-24(6-7-24)14-35-21-20(17(34-4)5-8-26-21)16-9-18(32-31-16)30-19-12-27-15(10-25)11-28-19/h5,8-9,11-12H,6-7,13-14H2,1-4H3,(H,29,33)(H2,28,30,31,32). The molecule has 0 saturated heterocycles. The number of methoxy groups -OCH3 is 1. The van der Waals surface area contributed by atoms with Crippen molar-refractivity contribution in [3.05, 3.63) is 36.4 Å². The van der Waals surface area contributed by atoms with Crippen LogP contribution in [0, 0.1) is 16.7 Å². The van der Waals surface area contributed by atoms with Crippen LogP contribution in [-0.4, -0.2) is 57.1 Å². The van der Waals surface area contributed by atoms with Crippen LogP contribution in [0.15, 0.2) is 30.7 Å². The van der Waals surface area contributed by atoms with Gasteiger partial charge in [0, 0.05) is 24.2 Å². The molecule has 1 saturated carbocycles. The zero-order valence-corrected chi connectivity index (χ0v) is 20.6. The van der Waals surface area contributed by atoms with Crippen LogP contribution in [0.4, 0.5) is 16.4 Å². The molecule has 0 atom stereocenters. The number of amides is 1. The number of nitrogens with one attached hydrogen (secondary N) is 3. The molecule has 12 heteroatoms. The highest BCUT2D eigenvalue weighted by molar-refractivity contribution is 5.74. The molecule has 12 nitrogen and oxygen atoms in total. The smallest absolute Gasteiger partial charge is 0.407 e. The van der Waals surface area contributed by atoms with Crippen molar-refractivity contribution in [2.75, 3.05) is 25.6 Å². The summed E-state index contributed by atoms with van der Waals surface area (Å²) in [4.78, 5) is 24.6. The van der Waals surface area contributed by atoms with Crippen molar-refractivity contribution in [3.8, 4) is 29.0 Å². The van der Waals surface area contributed by atoms with Crippen molar-refractivity contribution >= 4 is 17.7 Å². The summed E-state index contributed by atoms with van der Waals surface area (Å²) in [6.45, 7) is 6.30. The van der Waals surface area contributed by atoms with Gasteiger partial charge in [-0.25, -0.2) is 19.7 Å². The van der Waals surface area contributed by atoms with Crippen molar-refractivity contribution in [1.29, 1.82) is 5.26 Å². The number of alkyl carbamates (subject to hydrolysis) is 1. The number of H-pyrrole nitrogens is 1. The van der Waals surface area contributed by atoms with Crippen LogP contribution in [0.2, 0.25) is 0 Å². The molecule has 4 rings (SSSR count). The van der Waals surface area contributed by atoms with Crippen molar-refractivity contribution in [1.82, 2.24) is 30.5 Å². The Balaban J connectivity index is 1.45. The van der Waals surface area contributed by atoms with Gasteiger partial charge in [-0.2, -0.15) is 10.4 Å². The summed E-state index contributed by atoms with van der Waals surface area (Å²) in [6.07, 6.45) is 5.83. The summed E-state index contributed by atoms with van der Waals surface area (Å²) in [5, 5.41) is 22.0. The first-order valence-electron chi connectivity index (χ1n) is 11.4. The molecule has 0 aliphatic heterocycles. The molecular weight excluding hydrogens is 464 g/mol. The second-order valence-electron chi connectivity index (χ2n) is 9.53. The monoisotopic (exact) mass is 492 g/mol. The van der Waals surface area contributed by atoms with E-state index in [1.807, 2.05) is 26.8 Å². The zero-order chi connectivity index (χ0) is 25.8. The van der Waals surface area contributed by atoms with Crippen LogP contribution in [-0.2, 0) is 4.74 Å². The minimum atomic E-state index is -0.554. The molecule has 0 aromatic carbocycles. The summed E-state index contributed by atoms with van der Waals surface area (Å²) in [7, 11) is 1.57. The van der Waals surface area contributed by atoms with E-state index in [9.17, 15) is 4.79 Å². The number of nitrogens with zero attached hydrogens (tertiary/aromatic N) is 5. The number of carbonyl (C=O) groups is 1. The Hall–Kier alpha value is -4.40. The van der Waals surface area contributed by atoms with Gasteiger partial charge < -0.3 is 24.8 Å². The summed E-state index contributed by atoms with van der Waals surface area (Å²) >= 11 is 0. The topological polar surface area (TPSA) is 160 Å². The first-order chi connectivity index (χ1) is 17.2. The normalized spacial score (nSPS) is 13.9. The molecule has 3 heterocycles. The van der Waals surface area contributed by atoms with E-state index in [1.165, 1.54) is 12.4 Å². The van der Waals surface area contributed by atoms with Gasteiger partial charge in [-0.3, -0.25) is 5.10 Å². The number of aromatic nitrogens is 5. The number of anilines is 2. The number of hydrogen-bond acceptors (Lipinski definition) is 10. The summed E-state index contributed by atoms with van der Waals surface area (Å²) in [5.74, 6) is 1.87. The molecule has 0 radical (unpaired) electrons. The van der Waals surface area contributed by atoms with Crippen LogP contribution in [0.3, 0.4) is 0 Å². The Morgan fingerprint density at radius 2 is 2.03 bits per heavy atom. The number of nitriles is 1. The van der Waals surface area contributed by atoms with Crippen molar-refractivity contribution < 1.29 is 19.0 Å². The molecule has 0 unspecified atom stereocenters. The number of hydrogen-bond donors (Lipinski definition) is 3. The minimum Gasteiger partial charge on any atom is -0.496 e. The van der Waals surface area contributed by atoms with Crippen molar-refractivity contribution in [3.63, 3.8) is 0 Å². The molecule has 1 aliphatic carbocycles. The largest absolute Gasteiger partial charge is 0.496 e. The highest BCUT2D eigenvalue weighted by atomic mass is 16.6.